The van der Waals surface area contributed by atoms with E-state index in [2.05, 4.69) is 13.8 Å². The zero-order valence-electron chi connectivity index (χ0n) is 8.21. The van der Waals surface area contributed by atoms with E-state index in [-0.39, 0.29) is 6.10 Å². The Hall–Kier alpha value is -0.0400. The van der Waals surface area contributed by atoms with E-state index in [1.165, 1.54) is 25.7 Å². The first-order chi connectivity index (χ1) is 5.62. The van der Waals surface area contributed by atoms with Gasteiger partial charge in [0.2, 0.25) is 0 Å². The normalized spacial score (nSPS) is 45.8. The van der Waals surface area contributed by atoms with Crippen LogP contribution in [0.5, 0.6) is 0 Å². The van der Waals surface area contributed by atoms with Crippen LogP contribution >= 0.6 is 0 Å². The molecule has 2 rings (SSSR count). The van der Waals surface area contributed by atoms with Gasteiger partial charge in [-0.15, -0.1) is 0 Å². The molecule has 0 amide bonds. The highest BCUT2D eigenvalue weighted by molar-refractivity contribution is 4.99. The smallest absolute Gasteiger partial charge is 0.0576 e. The van der Waals surface area contributed by atoms with E-state index in [9.17, 15) is 5.11 Å². The van der Waals surface area contributed by atoms with Gasteiger partial charge in [-0.25, -0.2) is 0 Å². The molecule has 2 saturated carbocycles. The standard InChI is InChI=1S/C11H20O/c1-8-3-4-9(10(12)7-8)11(2)5-6-11/h8-10,12H,3-7H2,1-2H3. The van der Waals surface area contributed by atoms with Gasteiger partial charge in [-0.1, -0.05) is 20.3 Å². The Morgan fingerprint density at radius 2 is 1.92 bits per heavy atom. The fourth-order valence-electron chi connectivity index (χ4n) is 2.73. The minimum atomic E-state index is 0.00116. The summed E-state index contributed by atoms with van der Waals surface area (Å²) in [5.74, 6) is 1.37. The van der Waals surface area contributed by atoms with Crippen LogP contribution in [0.3, 0.4) is 0 Å². The minimum absolute atomic E-state index is 0.00116. The molecule has 0 aromatic carbocycles. The molecule has 12 heavy (non-hydrogen) atoms. The van der Waals surface area contributed by atoms with Gasteiger partial charge in [-0.2, -0.15) is 0 Å². The molecular weight excluding hydrogens is 148 g/mol. The lowest BCUT2D eigenvalue weighted by atomic mass is 9.73. The van der Waals surface area contributed by atoms with Crippen molar-refractivity contribution in [2.75, 3.05) is 0 Å². The molecule has 1 N–H and O–H groups in total. The van der Waals surface area contributed by atoms with Crippen LogP contribution in [0.1, 0.15) is 46.0 Å². The van der Waals surface area contributed by atoms with Gasteiger partial charge in [0.05, 0.1) is 6.10 Å². The summed E-state index contributed by atoms with van der Waals surface area (Å²) in [6, 6.07) is 0. The highest BCUT2D eigenvalue weighted by Crippen LogP contribution is 2.56. The van der Waals surface area contributed by atoms with Crippen molar-refractivity contribution in [2.45, 2.75) is 52.1 Å². The molecule has 3 atom stereocenters. The molecule has 0 radical (unpaired) electrons. The molecule has 0 bridgehead atoms. The molecule has 70 valence electrons. The summed E-state index contributed by atoms with van der Waals surface area (Å²) in [4.78, 5) is 0. The number of hydrogen-bond donors (Lipinski definition) is 1. The van der Waals surface area contributed by atoms with Crippen molar-refractivity contribution in [3.8, 4) is 0 Å². The van der Waals surface area contributed by atoms with Crippen molar-refractivity contribution >= 4 is 0 Å². The summed E-state index contributed by atoms with van der Waals surface area (Å²) < 4.78 is 0. The van der Waals surface area contributed by atoms with Crippen LogP contribution in [0.2, 0.25) is 0 Å². The largest absolute Gasteiger partial charge is 0.393 e. The Morgan fingerprint density at radius 1 is 1.25 bits per heavy atom. The summed E-state index contributed by atoms with van der Waals surface area (Å²) in [7, 11) is 0. The van der Waals surface area contributed by atoms with E-state index >= 15 is 0 Å². The Balaban J connectivity index is 1.98. The SMILES string of the molecule is CC1CCC(C2(C)CC2)C(O)C1. The predicted molar refractivity (Wildman–Crippen MR) is 49.9 cm³/mol. The van der Waals surface area contributed by atoms with Crippen LogP contribution in [-0.4, -0.2) is 11.2 Å². The second-order valence-electron chi connectivity index (χ2n) is 5.25. The summed E-state index contributed by atoms with van der Waals surface area (Å²) in [5, 5.41) is 9.91. The summed E-state index contributed by atoms with van der Waals surface area (Å²) >= 11 is 0. The van der Waals surface area contributed by atoms with Crippen LogP contribution in [0.15, 0.2) is 0 Å². The van der Waals surface area contributed by atoms with Crippen molar-refractivity contribution in [3.63, 3.8) is 0 Å². The number of aliphatic hydroxyl groups is 1. The maximum atomic E-state index is 9.91. The van der Waals surface area contributed by atoms with Crippen molar-refractivity contribution in [1.29, 1.82) is 0 Å². The van der Waals surface area contributed by atoms with Gasteiger partial charge < -0.3 is 5.11 Å². The number of aliphatic hydroxyl groups excluding tert-OH is 1. The quantitative estimate of drug-likeness (QED) is 0.638. The van der Waals surface area contributed by atoms with Crippen LogP contribution in [0, 0.1) is 17.3 Å². The first-order valence-electron chi connectivity index (χ1n) is 5.30. The minimum Gasteiger partial charge on any atom is -0.393 e. The zero-order valence-corrected chi connectivity index (χ0v) is 8.21. The second-order valence-corrected chi connectivity index (χ2v) is 5.25. The third-order valence-electron chi connectivity index (χ3n) is 4.01. The fourth-order valence-corrected chi connectivity index (χ4v) is 2.73. The Morgan fingerprint density at radius 3 is 2.42 bits per heavy atom. The van der Waals surface area contributed by atoms with Crippen LogP contribution in [0.25, 0.3) is 0 Å². The first kappa shape index (κ1) is 8.55. The Bertz CT molecular complexity index is 172. The topological polar surface area (TPSA) is 20.2 Å². The van der Waals surface area contributed by atoms with Gasteiger partial charge >= 0.3 is 0 Å². The zero-order chi connectivity index (χ0) is 8.77. The van der Waals surface area contributed by atoms with Gasteiger partial charge in [0.1, 0.15) is 0 Å². The fraction of sp³-hybridized carbons (Fsp3) is 1.00. The molecule has 0 aliphatic heterocycles. The van der Waals surface area contributed by atoms with E-state index in [1.807, 2.05) is 0 Å². The maximum Gasteiger partial charge on any atom is 0.0576 e. The van der Waals surface area contributed by atoms with Crippen LogP contribution < -0.4 is 0 Å². The molecule has 2 aliphatic rings. The molecule has 1 heteroatoms. The molecule has 1 nitrogen and oxygen atoms in total. The molecule has 3 unspecified atom stereocenters. The first-order valence-corrected chi connectivity index (χ1v) is 5.30. The van der Waals surface area contributed by atoms with Crippen LogP contribution in [0.4, 0.5) is 0 Å². The highest BCUT2D eigenvalue weighted by Gasteiger charge is 2.48. The number of rotatable bonds is 1. The van der Waals surface area contributed by atoms with Gasteiger partial charge in [0.15, 0.2) is 0 Å². The highest BCUT2D eigenvalue weighted by atomic mass is 16.3. The molecule has 2 aliphatic carbocycles. The van der Waals surface area contributed by atoms with E-state index in [0.717, 1.165) is 12.3 Å². The van der Waals surface area contributed by atoms with Crippen LogP contribution in [-0.2, 0) is 0 Å². The summed E-state index contributed by atoms with van der Waals surface area (Å²) in [6.45, 7) is 4.60. The third-order valence-corrected chi connectivity index (χ3v) is 4.01. The van der Waals surface area contributed by atoms with Gasteiger partial charge in [0, 0.05) is 0 Å². The average Bonchev–Trinajstić information content (AvgIpc) is 2.68. The van der Waals surface area contributed by atoms with Gasteiger partial charge in [-0.3, -0.25) is 0 Å². The molecular formula is C11H20O. The molecule has 0 heterocycles. The Kier molecular flexibility index (Phi) is 1.95. The van der Waals surface area contributed by atoms with Crippen molar-refractivity contribution in [3.05, 3.63) is 0 Å². The second kappa shape index (κ2) is 2.73. The average molecular weight is 168 g/mol. The van der Waals surface area contributed by atoms with E-state index in [1.54, 1.807) is 0 Å². The third kappa shape index (κ3) is 1.39. The maximum absolute atomic E-state index is 9.91. The van der Waals surface area contributed by atoms with Crippen molar-refractivity contribution < 1.29 is 5.11 Å². The summed E-state index contributed by atoms with van der Waals surface area (Å²) in [6.07, 6.45) is 6.34. The lowest BCUT2D eigenvalue weighted by Crippen LogP contribution is -2.33. The lowest BCUT2D eigenvalue weighted by Gasteiger charge is -2.35. The molecule has 0 spiro atoms. The van der Waals surface area contributed by atoms with E-state index < -0.39 is 0 Å². The van der Waals surface area contributed by atoms with Crippen molar-refractivity contribution in [1.82, 2.24) is 0 Å². The Labute approximate surface area is 75.2 Å². The summed E-state index contributed by atoms with van der Waals surface area (Å²) in [5.41, 5.74) is 0.527. The monoisotopic (exact) mass is 168 g/mol. The van der Waals surface area contributed by atoms with E-state index in [0.29, 0.717) is 11.3 Å². The molecule has 0 saturated heterocycles. The molecule has 0 aromatic rings. The predicted octanol–water partition coefficient (Wildman–Crippen LogP) is 2.58. The number of hydrogen-bond acceptors (Lipinski definition) is 1. The van der Waals surface area contributed by atoms with Crippen molar-refractivity contribution in [2.24, 2.45) is 17.3 Å². The molecule has 2 fully saturated rings. The lowest BCUT2D eigenvalue weighted by molar-refractivity contribution is 0.0152. The van der Waals surface area contributed by atoms with Gasteiger partial charge in [-0.05, 0) is 42.9 Å². The van der Waals surface area contributed by atoms with Gasteiger partial charge in [0.25, 0.3) is 0 Å². The van der Waals surface area contributed by atoms with E-state index in [4.69, 9.17) is 0 Å². The molecule has 0 aromatic heterocycles.